The summed E-state index contributed by atoms with van der Waals surface area (Å²) in [5.74, 6) is -0.343. The van der Waals surface area contributed by atoms with Crippen LogP contribution < -0.4 is 10.1 Å². The van der Waals surface area contributed by atoms with Crippen LogP contribution in [0.25, 0.3) is 22.0 Å². The van der Waals surface area contributed by atoms with E-state index in [1.54, 1.807) is 23.1 Å². The number of fused-ring (bicyclic) bond motifs is 2. The Balaban J connectivity index is 1.13. The van der Waals surface area contributed by atoms with Crippen molar-refractivity contribution < 1.29 is 13.9 Å². The first-order valence-corrected chi connectivity index (χ1v) is 11.8. The number of carbonyl (C=O) groups is 1. The van der Waals surface area contributed by atoms with E-state index in [0.29, 0.717) is 18.5 Å². The molecule has 178 valence electrons. The van der Waals surface area contributed by atoms with Gasteiger partial charge >= 0.3 is 0 Å². The summed E-state index contributed by atoms with van der Waals surface area (Å²) in [5, 5.41) is 8.14. The van der Waals surface area contributed by atoms with Crippen LogP contribution in [0, 0.1) is 5.82 Å². The number of rotatable bonds is 6. The van der Waals surface area contributed by atoms with Gasteiger partial charge in [0, 0.05) is 47.1 Å². The van der Waals surface area contributed by atoms with Gasteiger partial charge in [0.05, 0.1) is 18.6 Å². The lowest BCUT2D eigenvalue weighted by atomic mass is 10.0. The van der Waals surface area contributed by atoms with E-state index in [-0.39, 0.29) is 24.3 Å². The van der Waals surface area contributed by atoms with Crippen molar-refractivity contribution >= 4 is 16.8 Å². The number of hydrogen-bond donors (Lipinski definition) is 1. The summed E-state index contributed by atoms with van der Waals surface area (Å²) < 4.78 is 22.6. The fourth-order valence-electron chi connectivity index (χ4n) is 4.60. The summed E-state index contributed by atoms with van der Waals surface area (Å²) in [5.41, 5.74) is 4.84. The first kappa shape index (κ1) is 22.0. The number of halogens is 1. The molecule has 6 nitrogen and oxygen atoms in total. The van der Waals surface area contributed by atoms with Gasteiger partial charge in [-0.05, 0) is 53.6 Å². The maximum absolute atomic E-state index is 14.9. The van der Waals surface area contributed by atoms with E-state index in [0.717, 1.165) is 33.2 Å². The molecule has 5 aromatic rings. The Hall–Kier alpha value is -4.52. The highest BCUT2D eigenvalue weighted by molar-refractivity contribution is 5.94. The Morgan fingerprint density at radius 2 is 1.97 bits per heavy atom. The minimum atomic E-state index is -0.407. The number of benzene rings is 3. The third-order valence-corrected chi connectivity index (χ3v) is 6.36. The summed E-state index contributed by atoms with van der Waals surface area (Å²) in [6, 6.07) is 22.6. The fourth-order valence-corrected chi connectivity index (χ4v) is 4.60. The first-order chi connectivity index (χ1) is 17.6. The second kappa shape index (κ2) is 9.26. The maximum Gasteiger partial charge on any atom is 0.251 e. The van der Waals surface area contributed by atoms with Crippen molar-refractivity contribution in [2.75, 3.05) is 6.54 Å². The molecule has 2 aromatic heterocycles. The van der Waals surface area contributed by atoms with Crippen molar-refractivity contribution in [1.29, 1.82) is 0 Å². The smallest absolute Gasteiger partial charge is 0.251 e. The zero-order valence-electron chi connectivity index (χ0n) is 19.4. The van der Waals surface area contributed by atoms with Crippen molar-refractivity contribution in [3.63, 3.8) is 0 Å². The predicted molar refractivity (Wildman–Crippen MR) is 135 cm³/mol. The lowest BCUT2D eigenvalue weighted by molar-refractivity contribution is 0.0932. The van der Waals surface area contributed by atoms with Gasteiger partial charge in [-0.2, -0.15) is 5.10 Å². The van der Waals surface area contributed by atoms with Crippen LogP contribution in [0.5, 0.6) is 5.75 Å². The standard InChI is InChI=1S/C29H23FN4O2/c30-26-15-22(24-12-20-6-1-2-8-27(20)31-16-24)13-23-14-25(36-28(23)26)17-32-29(35)21-7-3-5-19(11-21)18-34-10-4-9-33-34/h1-13,15-16,25H,14,17-18H2,(H,32,35). The van der Waals surface area contributed by atoms with Crippen LogP contribution in [0.3, 0.4) is 0 Å². The fraction of sp³-hybridized carbons (Fsp3) is 0.138. The van der Waals surface area contributed by atoms with Crippen LogP contribution in [0.4, 0.5) is 4.39 Å². The van der Waals surface area contributed by atoms with Crippen LogP contribution in [0.2, 0.25) is 0 Å². The highest BCUT2D eigenvalue weighted by Crippen LogP contribution is 2.36. The third kappa shape index (κ3) is 4.43. The molecule has 1 amide bonds. The van der Waals surface area contributed by atoms with Gasteiger partial charge in [-0.3, -0.25) is 14.5 Å². The van der Waals surface area contributed by atoms with Crippen LogP contribution in [-0.4, -0.2) is 33.3 Å². The van der Waals surface area contributed by atoms with Gasteiger partial charge in [-0.15, -0.1) is 0 Å². The molecule has 1 atom stereocenters. The quantitative estimate of drug-likeness (QED) is 0.372. The molecular formula is C29H23FN4O2. The number of aromatic nitrogens is 3. The Kier molecular flexibility index (Phi) is 5.65. The Bertz CT molecular complexity index is 1570. The molecule has 0 fully saturated rings. The van der Waals surface area contributed by atoms with Crippen molar-refractivity contribution in [2.45, 2.75) is 19.1 Å². The average molecular weight is 479 g/mol. The molecule has 3 aromatic carbocycles. The number of nitrogens with zero attached hydrogens (tertiary/aromatic N) is 3. The third-order valence-electron chi connectivity index (χ3n) is 6.36. The molecule has 7 heteroatoms. The van der Waals surface area contributed by atoms with Gasteiger partial charge in [0.15, 0.2) is 11.6 Å². The Morgan fingerprint density at radius 3 is 2.86 bits per heavy atom. The highest BCUT2D eigenvalue weighted by Gasteiger charge is 2.27. The molecule has 3 heterocycles. The zero-order valence-corrected chi connectivity index (χ0v) is 19.4. The monoisotopic (exact) mass is 478 g/mol. The molecule has 0 bridgehead atoms. The van der Waals surface area contributed by atoms with Crippen LogP contribution in [0.15, 0.2) is 91.4 Å². The molecule has 0 spiro atoms. The van der Waals surface area contributed by atoms with Crippen molar-refractivity contribution in [3.05, 3.63) is 114 Å². The van der Waals surface area contributed by atoms with E-state index < -0.39 is 5.82 Å². The number of para-hydroxylation sites is 1. The van der Waals surface area contributed by atoms with Gasteiger partial charge in [-0.1, -0.05) is 30.3 Å². The molecular weight excluding hydrogens is 455 g/mol. The van der Waals surface area contributed by atoms with E-state index in [4.69, 9.17) is 4.74 Å². The molecule has 1 aliphatic rings. The molecule has 6 rings (SSSR count). The second-order valence-corrected chi connectivity index (χ2v) is 8.92. The van der Waals surface area contributed by atoms with Crippen LogP contribution in [-0.2, 0) is 13.0 Å². The van der Waals surface area contributed by atoms with E-state index in [9.17, 15) is 9.18 Å². The maximum atomic E-state index is 14.9. The molecule has 1 N–H and O–H groups in total. The van der Waals surface area contributed by atoms with E-state index in [1.165, 1.54) is 6.07 Å². The molecule has 1 unspecified atom stereocenters. The van der Waals surface area contributed by atoms with Crippen molar-refractivity contribution in [3.8, 4) is 16.9 Å². The summed E-state index contributed by atoms with van der Waals surface area (Å²) in [6.45, 7) is 0.868. The minimum Gasteiger partial charge on any atom is -0.485 e. The Labute approximate surface area is 207 Å². The van der Waals surface area contributed by atoms with Crippen LogP contribution in [0.1, 0.15) is 21.5 Å². The number of hydrogen-bond acceptors (Lipinski definition) is 4. The molecule has 0 saturated carbocycles. The largest absolute Gasteiger partial charge is 0.485 e. The average Bonchev–Trinajstić information content (AvgIpc) is 3.57. The van der Waals surface area contributed by atoms with Gasteiger partial charge in [0.2, 0.25) is 0 Å². The summed E-state index contributed by atoms with van der Waals surface area (Å²) in [6.07, 6.45) is 5.54. The van der Waals surface area contributed by atoms with Crippen molar-refractivity contribution in [1.82, 2.24) is 20.1 Å². The molecule has 0 saturated heterocycles. The topological polar surface area (TPSA) is 69.0 Å². The number of nitrogens with one attached hydrogen (secondary N) is 1. The van der Waals surface area contributed by atoms with Crippen LogP contribution >= 0.6 is 0 Å². The van der Waals surface area contributed by atoms with E-state index in [2.05, 4.69) is 15.4 Å². The number of carbonyl (C=O) groups excluding carboxylic acids is 1. The van der Waals surface area contributed by atoms with Gasteiger partial charge in [0.25, 0.3) is 5.91 Å². The van der Waals surface area contributed by atoms with E-state index >= 15 is 0 Å². The second-order valence-electron chi connectivity index (χ2n) is 8.92. The normalized spacial score (nSPS) is 14.4. The lowest BCUT2D eigenvalue weighted by Crippen LogP contribution is -2.34. The zero-order chi connectivity index (χ0) is 24.5. The minimum absolute atomic E-state index is 0.194. The summed E-state index contributed by atoms with van der Waals surface area (Å²) in [7, 11) is 0. The molecule has 36 heavy (non-hydrogen) atoms. The lowest BCUT2D eigenvalue weighted by Gasteiger charge is -2.12. The number of ether oxygens (including phenoxy) is 1. The summed E-state index contributed by atoms with van der Waals surface area (Å²) >= 11 is 0. The number of amides is 1. The molecule has 1 aliphatic heterocycles. The van der Waals surface area contributed by atoms with Gasteiger partial charge in [0.1, 0.15) is 6.10 Å². The predicted octanol–water partition coefficient (Wildman–Crippen LogP) is 5.02. The highest BCUT2D eigenvalue weighted by atomic mass is 19.1. The van der Waals surface area contributed by atoms with Gasteiger partial charge < -0.3 is 10.1 Å². The SMILES string of the molecule is O=C(NCC1Cc2cc(-c3cnc4ccccc4c3)cc(F)c2O1)c1cccc(Cn2cccn2)c1. The van der Waals surface area contributed by atoms with Gasteiger partial charge in [-0.25, -0.2) is 4.39 Å². The Morgan fingerprint density at radius 1 is 1.06 bits per heavy atom. The summed E-state index contributed by atoms with van der Waals surface area (Å²) in [4.78, 5) is 17.3. The first-order valence-electron chi connectivity index (χ1n) is 11.8. The van der Waals surface area contributed by atoms with E-state index in [1.807, 2.05) is 66.9 Å². The number of pyridine rings is 1. The molecule has 0 radical (unpaired) electrons. The van der Waals surface area contributed by atoms with Crippen molar-refractivity contribution in [2.24, 2.45) is 0 Å². The molecule has 0 aliphatic carbocycles.